The van der Waals surface area contributed by atoms with E-state index >= 15 is 0 Å². The average Bonchev–Trinajstić information content (AvgIpc) is 3.59. The third-order valence-electron chi connectivity index (χ3n) is 6.37. The molecule has 1 aliphatic carbocycles. The Kier molecular flexibility index (Phi) is 7.03. The van der Waals surface area contributed by atoms with Gasteiger partial charge in [0.2, 0.25) is 0 Å². The van der Waals surface area contributed by atoms with Crippen LogP contribution in [-0.4, -0.2) is 51.2 Å². The highest BCUT2D eigenvalue weighted by Gasteiger charge is 2.28. The fraction of sp³-hybridized carbons (Fsp3) is 0.480. The van der Waals surface area contributed by atoms with Crippen LogP contribution < -0.4 is 20.0 Å². The first-order valence-corrected chi connectivity index (χ1v) is 11.5. The number of carbonyl (C=O) groups excluding carboxylic acids is 1. The molecular formula is C25H36N4O+2. The predicted octanol–water partition coefficient (Wildman–Crippen LogP) is 0.275. The molecule has 0 spiro atoms. The molecule has 1 saturated carbocycles. The highest BCUT2D eigenvalue weighted by atomic mass is 16.2. The van der Waals surface area contributed by atoms with Crippen LogP contribution in [0.1, 0.15) is 30.9 Å². The van der Waals surface area contributed by atoms with Gasteiger partial charge < -0.3 is 20.0 Å². The van der Waals surface area contributed by atoms with Crippen LogP contribution in [0.4, 0.5) is 5.69 Å². The number of anilines is 1. The van der Waals surface area contributed by atoms with Gasteiger partial charge in [0.1, 0.15) is 32.7 Å². The molecule has 2 fully saturated rings. The van der Waals surface area contributed by atoms with Gasteiger partial charge in [-0.25, -0.2) is 0 Å². The highest BCUT2D eigenvalue weighted by Crippen LogP contribution is 2.18. The summed E-state index contributed by atoms with van der Waals surface area (Å²) in [6, 6.07) is 20.3. The van der Waals surface area contributed by atoms with Crippen molar-refractivity contribution in [3.05, 3.63) is 65.7 Å². The molecule has 0 unspecified atom stereocenters. The van der Waals surface area contributed by atoms with E-state index in [1.165, 1.54) is 34.6 Å². The van der Waals surface area contributed by atoms with E-state index in [2.05, 4.69) is 71.7 Å². The first-order valence-electron chi connectivity index (χ1n) is 11.5. The lowest BCUT2D eigenvalue weighted by atomic mass is 10.1. The third-order valence-corrected chi connectivity index (χ3v) is 6.37. The molecule has 1 amide bonds. The molecule has 1 heterocycles. The van der Waals surface area contributed by atoms with Crippen molar-refractivity contribution in [2.45, 2.75) is 38.9 Å². The number of piperazine rings is 1. The lowest BCUT2D eigenvalue weighted by Gasteiger charge is -2.29. The molecule has 160 valence electrons. The molecule has 0 bridgehead atoms. The summed E-state index contributed by atoms with van der Waals surface area (Å²) >= 11 is 0. The molecule has 3 N–H and O–H groups in total. The molecule has 1 aliphatic heterocycles. The number of hydrogen-bond acceptors (Lipinski definition) is 2. The van der Waals surface area contributed by atoms with E-state index in [1.807, 2.05) is 0 Å². The van der Waals surface area contributed by atoms with Crippen molar-refractivity contribution in [2.75, 3.05) is 44.2 Å². The van der Waals surface area contributed by atoms with Crippen molar-refractivity contribution in [1.82, 2.24) is 5.32 Å². The van der Waals surface area contributed by atoms with Crippen molar-refractivity contribution >= 4 is 11.6 Å². The first-order chi connectivity index (χ1) is 14.7. The largest absolute Gasteiger partial charge is 0.367 e. The molecule has 30 heavy (non-hydrogen) atoms. The molecule has 2 aromatic carbocycles. The van der Waals surface area contributed by atoms with Crippen LogP contribution >= 0.6 is 0 Å². The van der Waals surface area contributed by atoms with Gasteiger partial charge in [-0.3, -0.25) is 4.79 Å². The lowest BCUT2D eigenvalue weighted by Crippen LogP contribution is -3.28. The molecule has 2 aromatic rings. The Balaban J connectivity index is 1.24. The van der Waals surface area contributed by atoms with Gasteiger partial charge in [0.25, 0.3) is 5.91 Å². The van der Waals surface area contributed by atoms with E-state index in [1.54, 1.807) is 4.90 Å². The van der Waals surface area contributed by atoms with Gasteiger partial charge in [-0.05, 0) is 37.5 Å². The smallest absolute Gasteiger partial charge is 0.275 e. The van der Waals surface area contributed by atoms with Crippen LogP contribution in [0, 0.1) is 0 Å². The first kappa shape index (κ1) is 20.9. The summed E-state index contributed by atoms with van der Waals surface area (Å²) in [4.78, 5) is 17.5. The van der Waals surface area contributed by atoms with Crippen molar-refractivity contribution in [1.29, 1.82) is 0 Å². The second kappa shape index (κ2) is 10.1. The summed E-state index contributed by atoms with van der Waals surface area (Å²) in [5.74, 6) is 0.238. The number of benzene rings is 2. The predicted molar refractivity (Wildman–Crippen MR) is 121 cm³/mol. The van der Waals surface area contributed by atoms with E-state index in [0.717, 1.165) is 45.8 Å². The van der Waals surface area contributed by atoms with Crippen LogP contribution in [0.2, 0.25) is 0 Å². The minimum Gasteiger partial charge on any atom is -0.367 e. The number of rotatable bonds is 9. The monoisotopic (exact) mass is 408 g/mol. The lowest BCUT2D eigenvalue weighted by molar-refractivity contribution is -1.02. The summed E-state index contributed by atoms with van der Waals surface area (Å²) in [5, 5.41) is 3.12. The zero-order valence-corrected chi connectivity index (χ0v) is 18.2. The Hall–Kier alpha value is -2.37. The second-order valence-electron chi connectivity index (χ2n) is 8.86. The zero-order chi connectivity index (χ0) is 20.8. The van der Waals surface area contributed by atoms with E-state index < -0.39 is 0 Å². The fourth-order valence-electron chi connectivity index (χ4n) is 4.35. The Morgan fingerprint density at radius 3 is 2.23 bits per heavy atom. The summed E-state index contributed by atoms with van der Waals surface area (Å²) in [6.07, 6.45) is 2.33. The van der Waals surface area contributed by atoms with Gasteiger partial charge in [-0.15, -0.1) is 0 Å². The van der Waals surface area contributed by atoms with Gasteiger partial charge in [0, 0.05) is 30.4 Å². The molecule has 2 aliphatic rings. The van der Waals surface area contributed by atoms with Gasteiger partial charge >= 0.3 is 0 Å². The number of carbonyl (C=O) groups is 1. The van der Waals surface area contributed by atoms with Crippen LogP contribution in [0.15, 0.2) is 54.6 Å². The summed E-state index contributed by atoms with van der Waals surface area (Å²) in [6.45, 7) is 10.3. The SMILES string of the molecule is CCN(Cc1ccccc1)c1ccc(C[NH+]2CC[NH+](CC(=O)NC3CC3)CC2)cc1. The minimum atomic E-state index is 0.238. The highest BCUT2D eigenvalue weighted by molar-refractivity contribution is 5.77. The number of quaternary nitrogens is 2. The van der Waals surface area contributed by atoms with Crippen molar-refractivity contribution in [2.24, 2.45) is 0 Å². The minimum absolute atomic E-state index is 0.238. The Morgan fingerprint density at radius 1 is 0.933 bits per heavy atom. The van der Waals surface area contributed by atoms with Crippen LogP contribution in [0.5, 0.6) is 0 Å². The van der Waals surface area contributed by atoms with Crippen LogP contribution in [-0.2, 0) is 17.9 Å². The van der Waals surface area contributed by atoms with Gasteiger partial charge in [-0.1, -0.05) is 42.5 Å². The van der Waals surface area contributed by atoms with E-state index in [-0.39, 0.29) is 5.91 Å². The van der Waals surface area contributed by atoms with Gasteiger partial charge in [-0.2, -0.15) is 0 Å². The topological polar surface area (TPSA) is 41.2 Å². The second-order valence-corrected chi connectivity index (χ2v) is 8.86. The normalized spacial score (nSPS) is 21.2. The van der Waals surface area contributed by atoms with Gasteiger partial charge in [0.15, 0.2) is 6.54 Å². The Labute approximate surface area is 180 Å². The number of hydrogen-bond donors (Lipinski definition) is 3. The molecule has 4 rings (SSSR count). The fourth-order valence-corrected chi connectivity index (χ4v) is 4.35. The Bertz CT molecular complexity index is 796. The van der Waals surface area contributed by atoms with Crippen LogP contribution in [0.3, 0.4) is 0 Å². The maximum Gasteiger partial charge on any atom is 0.275 e. The molecule has 5 heteroatoms. The maximum atomic E-state index is 12.0. The Morgan fingerprint density at radius 2 is 1.60 bits per heavy atom. The maximum absolute atomic E-state index is 12.0. The van der Waals surface area contributed by atoms with Crippen molar-refractivity contribution in [3.63, 3.8) is 0 Å². The molecule has 1 saturated heterocycles. The molecule has 0 aromatic heterocycles. The van der Waals surface area contributed by atoms with E-state index in [9.17, 15) is 4.79 Å². The van der Waals surface area contributed by atoms with Gasteiger partial charge in [0.05, 0.1) is 0 Å². The molecule has 0 radical (unpaired) electrons. The van der Waals surface area contributed by atoms with E-state index in [4.69, 9.17) is 0 Å². The quantitative estimate of drug-likeness (QED) is 0.558. The zero-order valence-electron chi connectivity index (χ0n) is 18.2. The molecular weight excluding hydrogens is 372 g/mol. The standard InChI is InChI=1S/C25H34N4O/c1-2-29(19-21-6-4-3-5-7-21)24-12-8-22(9-13-24)18-27-14-16-28(17-15-27)20-25(30)26-23-10-11-23/h3-9,12-13,23H,2,10-11,14-20H2,1H3,(H,26,30)/p+2. The van der Waals surface area contributed by atoms with E-state index in [0.29, 0.717) is 12.6 Å². The van der Waals surface area contributed by atoms with Crippen LogP contribution in [0.25, 0.3) is 0 Å². The molecule has 5 nitrogen and oxygen atoms in total. The number of nitrogens with one attached hydrogen (secondary N) is 3. The summed E-state index contributed by atoms with van der Waals surface area (Å²) in [7, 11) is 0. The number of nitrogens with zero attached hydrogens (tertiary/aromatic N) is 1. The summed E-state index contributed by atoms with van der Waals surface area (Å²) < 4.78 is 0. The third kappa shape index (κ3) is 6.07. The molecule has 0 atom stereocenters. The van der Waals surface area contributed by atoms with Crippen molar-refractivity contribution in [3.8, 4) is 0 Å². The summed E-state index contributed by atoms with van der Waals surface area (Å²) in [5.41, 5.74) is 4.04. The number of amides is 1. The van der Waals surface area contributed by atoms with Crippen molar-refractivity contribution < 1.29 is 14.6 Å². The average molecular weight is 409 g/mol.